The van der Waals surface area contributed by atoms with Gasteiger partial charge in [0, 0.05) is 17.3 Å². The molecule has 4 saturated carbocycles. The van der Waals surface area contributed by atoms with Crippen LogP contribution in [-0.4, -0.2) is 109 Å². The Morgan fingerprint density at radius 3 is 2.28 bits per heavy atom. The van der Waals surface area contributed by atoms with Crippen molar-refractivity contribution in [1.82, 2.24) is 0 Å². The van der Waals surface area contributed by atoms with Crippen LogP contribution in [0.4, 0.5) is 0 Å². The van der Waals surface area contributed by atoms with E-state index in [4.69, 9.17) is 9.47 Å². The molecule has 1 unspecified atom stereocenters. The SMILES string of the molecule is C=C1[C@H]2C3=CC[C@@H]4[C@@]5(C)C[C@@H](O)[C@H](O)[C@@](C)(CO)[C@@H]5C(O)C[C@@]4(C)[C@]3(C)CC[C@@]2(C(=O)O[C@@H]2O[C@H](CO)[C@@H](O)[C@H](O)[C@H]2O)CC[C@H]1C. The van der Waals surface area contributed by atoms with Crippen LogP contribution in [0.1, 0.15) is 79.6 Å². The number of hydrogen-bond acceptors (Lipinski definition) is 11. The zero-order chi connectivity index (χ0) is 34.6. The fourth-order valence-electron chi connectivity index (χ4n) is 12.1. The lowest BCUT2D eigenvalue weighted by molar-refractivity contribution is -0.297. The van der Waals surface area contributed by atoms with E-state index in [0.29, 0.717) is 44.9 Å². The second kappa shape index (κ2) is 11.6. The van der Waals surface area contributed by atoms with Crippen LogP contribution < -0.4 is 0 Å². The average Bonchev–Trinajstić information content (AvgIpc) is 3.02. The second-order valence-corrected chi connectivity index (χ2v) is 17.0. The predicted octanol–water partition coefficient (Wildman–Crippen LogP) is 1.18. The lowest BCUT2D eigenvalue weighted by Gasteiger charge is -2.72. The molecule has 11 heteroatoms. The van der Waals surface area contributed by atoms with Crippen LogP contribution >= 0.6 is 0 Å². The van der Waals surface area contributed by atoms with Crippen molar-refractivity contribution in [3.05, 3.63) is 23.8 Å². The molecular formula is C36H56O11. The van der Waals surface area contributed by atoms with Crippen molar-refractivity contribution < 1.29 is 55.1 Å². The topological polar surface area (TPSA) is 197 Å². The van der Waals surface area contributed by atoms with Gasteiger partial charge in [-0.3, -0.25) is 4.79 Å². The number of rotatable bonds is 4. The summed E-state index contributed by atoms with van der Waals surface area (Å²) in [6, 6.07) is 0. The molecule has 0 radical (unpaired) electrons. The van der Waals surface area contributed by atoms with Crippen LogP contribution in [0.3, 0.4) is 0 Å². The number of aliphatic hydroxyl groups is 8. The molecule has 8 N–H and O–H groups in total. The van der Waals surface area contributed by atoms with Crippen LogP contribution in [0.5, 0.6) is 0 Å². The van der Waals surface area contributed by atoms with Gasteiger partial charge >= 0.3 is 5.97 Å². The number of aliphatic hydroxyl groups excluding tert-OH is 8. The van der Waals surface area contributed by atoms with Gasteiger partial charge in [0.05, 0.1) is 36.9 Å². The molecule has 0 bridgehead atoms. The zero-order valence-corrected chi connectivity index (χ0v) is 28.4. The van der Waals surface area contributed by atoms with E-state index < -0.39 is 94.6 Å². The summed E-state index contributed by atoms with van der Waals surface area (Å²) in [6.45, 7) is 14.0. The summed E-state index contributed by atoms with van der Waals surface area (Å²) in [6.07, 6.45) is -4.90. The molecule has 266 valence electrons. The second-order valence-electron chi connectivity index (χ2n) is 17.0. The third kappa shape index (κ3) is 4.60. The number of hydrogen-bond donors (Lipinski definition) is 8. The van der Waals surface area contributed by atoms with Gasteiger partial charge in [0.1, 0.15) is 24.4 Å². The van der Waals surface area contributed by atoms with Crippen molar-refractivity contribution in [1.29, 1.82) is 0 Å². The Morgan fingerprint density at radius 1 is 0.957 bits per heavy atom. The minimum Gasteiger partial charge on any atom is -0.432 e. The van der Waals surface area contributed by atoms with Crippen molar-refractivity contribution in [2.75, 3.05) is 13.2 Å². The van der Waals surface area contributed by atoms with Gasteiger partial charge in [-0.15, -0.1) is 0 Å². The van der Waals surface area contributed by atoms with Crippen LogP contribution in [0.2, 0.25) is 0 Å². The van der Waals surface area contributed by atoms with Gasteiger partial charge in [0.15, 0.2) is 0 Å². The highest BCUT2D eigenvalue weighted by molar-refractivity contribution is 5.80. The quantitative estimate of drug-likeness (QED) is 0.159. The van der Waals surface area contributed by atoms with E-state index in [-0.39, 0.29) is 24.4 Å². The molecule has 11 nitrogen and oxygen atoms in total. The molecule has 1 aliphatic heterocycles. The first kappa shape index (κ1) is 35.4. The fourth-order valence-corrected chi connectivity index (χ4v) is 12.1. The summed E-state index contributed by atoms with van der Waals surface area (Å²) in [5.41, 5.74) is -1.63. The van der Waals surface area contributed by atoms with E-state index in [1.165, 1.54) is 0 Å². The van der Waals surface area contributed by atoms with Crippen molar-refractivity contribution in [3.63, 3.8) is 0 Å². The van der Waals surface area contributed by atoms with Crippen molar-refractivity contribution in [2.45, 2.75) is 129 Å². The monoisotopic (exact) mass is 664 g/mol. The molecule has 0 spiro atoms. The summed E-state index contributed by atoms with van der Waals surface area (Å²) in [5.74, 6) is -1.26. The fraction of sp³-hybridized carbons (Fsp3) is 0.861. The Balaban J connectivity index is 1.39. The van der Waals surface area contributed by atoms with Gasteiger partial charge in [-0.05, 0) is 73.0 Å². The van der Waals surface area contributed by atoms with Crippen LogP contribution in [-0.2, 0) is 14.3 Å². The van der Waals surface area contributed by atoms with Crippen molar-refractivity contribution >= 4 is 5.97 Å². The summed E-state index contributed by atoms with van der Waals surface area (Å²) in [5, 5.41) is 85.7. The maximum atomic E-state index is 14.4. The van der Waals surface area contributed by atoms with E-state index in [1.807, 2.05) is 0 Å². The molecule has 5 aliphatic carbocycles. The smallest absolute Gasteiger partial charge is 0.315 e. The normalized spacial score (nSPS) is 55.9. The molecule has 6 rings (SSSR count). The molecule has 17 atom stereocenters. The lowest BCUT2D eigenvalue weighted by Crippen LogP contribution is -2.71. The molecule has 0 aromatic rings. The molecule has 1 saturated heterocycles. The first-order valence-electron chi connectivity index (χ1n) is 17.4. The standard InChI is InChI=1S/C36H56O11/c1-17-9-10-36(31(45)47-30-27(43)26(42)25(41)22(15-37)46-30)12-11-34(5)19(24(36)18(17)2)7-8-23-32(3)13-21(40)29(44)33(4,16-38)28(32)20(39)14-35(23,34)6/h7,17,20-30,37-44H,2,8-16H2,1,3-6H3/t17-,20?,21-,22-,23-,24+,25-,26+,27-,28-,29+,30+,32-,33+,34-,35-,36+/m1/s1. The maximum absolute atomic E-state index is 14.4. The third-order valence-corrected chi connectivity index (χ3v) is 14.9. The highest BCUT2D eigenvalue weighted by Crippen LogP contribution is 2.75. The van der Waals surface area contributed by atoms with Gasteiger partial charge in [0.2, 0.25) is 6.29 Å². The molecule has 1 heterocycles. The van der Waals surface area contributed by atoms with Crippen molar-refractivity contribution in [2.24, 2.45) is 50.7 Å². The van der Waals surface area contributed by atoms with E-state index in [2.05, 4.69) is 40.3 Å². The molecule has 0 aromatic carbocycles. The zero-order valence-electron chi connectivity index (χ0n) is 28.4. The molecule has 6 aliphatic rings. The summed E-state index contributed by atoms with van der Waals surface area (Å²) in [7, 11) is 0. The molecule has 47 heavy (non-hydrogen) atoms. The minimum atomic E-state index is -1.70. The summed E-state index contributed by atoms with van der Waals surface area (Å²) in [4.78, 5) is 14.4. The largest absolute Gasteiger partial charge is 0.432 e. The van der Waals surface area contributed by atoms with E-state index >= 15 is 0 Å². The highest BCUT2D eigenvalue weighted by Gasteiger charge is 2.72. The highest BCUT2D eigenvalue weighted by atomic mass is 16.7. The Bertz CT molecular complexity index is 1300. The first-order valence-corrected chi connectivity index (χ1v) is 17.4. The van der Waals surface area contributed by atoms with Gasteiger partial charge in [-0.25, -0.2) is 0 Å². The number of carbonyl (C=O) groups excluding carboxylic acids is 1. The van der Waals surface area contributed by atoms with Crippen LogP contribution in [0.25, 0.3) is 0 Å². The van der Waals surface area contributed by atoms with Gasteiger partial charge in [-0.1, -0.05) is 58.4 Å². The van der Waals surface area contributed by atoms with Gasteiger partial charge in [-0.2, -0.15) is 0 Å². The van der Waals surface area contributed by atoms with Crippen molar-refractivity contribution in [3.8, 4) is 0 Å². The summed E-state index contributed by atoms with van der Waals surface area (Å²) >= 11 is 0. The Kier molecular flexibility index (Phi) is 8.72. The van der Waals surface area contributed by atoms with Crippen LogP contribution in [0, 0.1) is 50.7 Å². The molecule has 0 amide bonds. The van der Waals surface area contributed by atoms with E-state index in [0.717, 1.165) is 11.1 Å². The molecule has 0 aromatic heterocycles. The van der Waals surface area contributed by atoms with E-state index in [1.54, 1.807) is 6.92 Å². The number of fused-ring (bicyclic) bond motifs is 7. The number of allylic oxidation sites excluding steroid dienone is 3. The number of esters is 1. The number of ether oxygens (including phenoxy) is 2. The van der Waals surface area contributed by atoms with Gasteiger partial charge < -0.3 is 50.3 Å². The maximum Gasteiger partial charge on any atom is 0.315 e. The minimum absolute atomic E-state index is 0.00743. The lowest BCUT2D eigenvalue weighted by atomic mass is 9.33. The first-order chi connectivity index (χ1) is 21.9. The average molecular weight is 665 g/mol. The molecule has 5 fully saturated rings. The van der Waals surface area contributed by atoms with Gasteiger partial charge in [0.25, 0.3) is 0 Å². The molecular weight excluding hydrogens is 608 g/mol. The van der Waals surface area contributed by atoms with E-state index in [9.17, 15) is 45.6 Å². The predicted molar refractivity (Wildman–Crippen MR) is 169 cm³/mol. The number of carbonyl (C=O) groups is 1. The Hall–Kier alpha value is -1.41. The van der Waals surface area contributed by atoms with Crippen LogP contribution in [0.15, 0.2) is 23.8 Å². The Labute approximate surface area is 277 Å². The third-order valence-electron chi connectivity index (χ3n) is 14.9. The summed E-state index contributed by atoms with van der Waals surface area (Å²) < 4.78 is 11.4. The Morgan fingerprint density at radius 2 is 1.64 bits per heavy atom.